The van der Waals surface area contributed by atoms with Gasteiger partial charge in [-0.2, -0.15) is 0 Å². The van der Waals surface area contributed by atoms with Gasteiger partial charge in [0, 0.05) is 0 Å². The average Bonchev–Trinajstić information content (AvgIpc) is 2.35. The summed E-state index contributed by atoms with van der Waals surface area (Å²) in [6.45, 7) is 2.41. The van der Waals surface area contributed by atoms with Crippen molar-refractivity contribution in [2.45, 2.75) is 13.5 Å². The van der Waals surface area contributed by atoms with E-state index in [4.69, 9.17) is 5.21 Å². The standard InChI is InChI=1S/C7H11N3O.BrH/c1-7(8-11)5-10-4-3-9(2)6-10;/h3-4,6H,5H2,1-2H3;1H. The van der Waals surface area contributed by atoms with E-state index < -0.39 is 0 Å². The third kappa shape index (κ3) is 3.04. The van der Waals surface area contributed by atoms with Gasteiger partial charge in [-0.15, -0.1) is 0 Å². The van der Waals surface area contributed by atoms with Crippen LogP contribution in [0.15, 0.2) is 23.9 Å². The average molecular weight is 234 g/mol. The maximum atomic E-state index is 8.37. The highest BCUT2D eigenvalue weighted by molar-refractivity contribution is 5.80. The molecule has 0 aliphatic carbocycles. The molecule has 4 nitrogen and oxygen atoms in total. The largest absolute Gasteiger partial charge is 1.00 e. The molecule has 0 fully saturated rings. The molecule has 1 aromatic rings. The van der Waals surface area contributed by atoms with Gasteiger partial charge >= 0.3 is 0 Å². The first-order valence-corrected chi connectivity index (χ1v) is 3.41. The van der Waals surface area contributed by atoms with Crippen molar-refractivity contribution in [1.29, 1.82) is 0 Å². The van der Waals surface area contributed by atoms with Crippen molar-refractivity contribution in [1.82, 2.24) is 4.57 Å². The SMILES string of the molecule is CC(Cn1cc[n+](C)c1)=NO.[Br-]. The highest BCUT2D eigenvalue weighted by Gasteiger charge is 2.00. The summed E-state index contributed by atoms with van der Waals surface area (Å²) in [5.41, 5.74) is 0.696. The minimum Gasteiger partial charge on any atom is -1.00 e. The molecule has 0 unspecified atom stereocenters. The van der Waals surface area contributed by atoms with E-state index in [9.17, 15) is 0 Å². The van der Waals surface area contributed by atoms with Crippen molar-refractivity contribution in [3.8, 4) is 0 Å². The maximum Gasteiger partial charge on any atom is 0.243 e. The zero-order valence-electron chi connectivity index (χ0n) is 7.11. The van der Waals surface area contributed by atoms with Gasteiger partial charge < -0.3 is 22.2 Å². The number of nitrogens with zero attached hydrogens (tertiary/aromatic N) is 3. The number of oxime groups is 1. The van der Waals surface area contributed by atoms with Gasteiger partial charge in [0.2, 0.25) is 6.33 Å². The van der Waals surface area contributed by atoms with E-state index in [1.165, 1.54) is 0 Å². The molecule has 5 heteroatoms. The summed E-state index contributed by atoms with van der Waals surface area (Å²) in [5.74, 6) is 0. The smallest absolute Gasteiger partial charge is 0.243 e. The molecule has 0 radical (unpaired) electrons. The zero-order valence-corrected chi connectivity index (χ0v) is 8.69. The van der Waals surface area contributed by atoms with Crippen LogP contribution in [0.5, 0.6) is 0 Å². The second-order valence-corrected chi connectivity index (χ2v) is 2.59. The van der Waals surface area contributed by atoms with Crippen LogP contribution in [0.3, 0.4) is 0 Å². The molecule has 0 aromatic carbocycles. The lowest BCUT2D eigenvalue weighted by Crippen LogP contribution is -3.00. The number of rotatable bonds is 2. The Labute approximate surface area is 81.9 Å². The third-order valence-corrected chi connectivity index (χ3v) is 1.41. The molecule has 0 spiro atoms. The van der Waals surface area contributed by atoms with Crippen LogP contribution < -0.4 is 21.5 Å². The van der Waals surface area contributed by atoms with Crippen molar-refractivity contribution in [3.63, 3.8) is 0 Å². The minimum absolute atomic E-state index is 0. The highest BCUT2D eigenvalue weighted by Crippen LogP contribution is 1.85. The molecule has 0 atom stereocenters. The van der Waals surface area contributed by atoms with Gasteiger partial charge in [-0.3, -0.25) is 0 Å². The number of aromatic nitrogens is 2. The van der Waals surface area contributed by atoms with Gasteiger partial charge in [-0.05, 0) is 6.92 Å². The first-order valence-electron chi connectivity index (χ1n) is 3.41. The number of imidazole rings is 1. The summed E-state index contributed by atoms with van der Waals surface area (Å²) in [6.07, 6.45) is 5.79. The van der Waals surface area contributed by atoms with Crippen molar-refractivity contribution in [2.75, 3.05) is 0 Å². The van der Waals surface area contributed by atoms with Crippen LogP contribution in [0.4, 0.5) is 0 Å². The van der Waals surface area contributed by atoms with Crippen LogP contribution in [0.25, 0.3) is 0 Å². The summed E-state index contributed by atoms with van der Waals surface area (Å²) in [6, 6.07) is 0. The monoisotopic (exact) mass is 233 g/mol. The maximum absolute atomic E-state index is 8.37. The Kier molecular flexibility index (Phi) is 4.58. The summed E-state index contributed by atoms with van der Waals surface area (Å²) in [7, 11) is 1.95. The molecule has 1 N–H and O–H groups in total. The van der Waals surface area contributed by atoms with E-state index in [0.717, 1.165) is 0 Å². The first-order chi connectivity index (χ1) is 5.22. The molecule has 68 valence electrons. The summed E-state index contributed by atoms with van der Waals surface area (Å²) in [4.78, 5) is 0. The molecule has 1 aromatic heterocycles. The number of halogens is 1. The van der Waals surface area contributed by atoms with Gasteiger partial charge in [0.05, 0.1) is 12.8 Å². The molecule has 12 heavy (non-hydrogen) atoms. The second kappa shape index (κ2) is 4.92. The fourth-order valence-electron chi connectivity index (χ4n) is 0.891. The Morgan fingerprint density at radius 1 is 1.67 bits per heavy atom. The van der Waals surface area contributed by atoms with Gasteiger partial charge in [-0.1, -0.05) is 5.16 Å². The normalized spacial score (nSPS) is 11.0. The Morgan fingerprint density at radius 3 is 2.75 bits per heavy atom. The van der Waals surface area contributed by atoms with Gasteiger partial charge in [-0.25, -0.2) is 9.13 Å². The lowest BCUT2D eigenvalue weighted by atomic mass is 10.4. The van der Waals surface area contributed by atoms with Crippen molar-refractivity contribution >= 4 is 5.71 Å². The summed E-state index contributed by atoms with van der Waals surface area (Å²) >= 11 is 0. The molecule has 0 amide bonds. The molecule has 0 aliphatic heterocycles. The van der Waals surface area contributed by atoms with E-state index in [1.807, 2.05) is 34.9 Å². The number of hydrogen-bond acceptors (Lipinski definition) is 2. The Morgan fingerprint density at radius 2 is 2.33 bits per heavy atom. The third-order valence-electron chi connectivity index (χ3n) is 1.41. The lowest BCUT2D eigenvalue weighted by molar-refractivity contribution is -0.671. The predicted octanol–water partition coefficient (Wildman–Crippen LogP) is -2.83. The van der Waals surface area contributed by atoms with E-state index in [1.54, 1.807) is 6.92 Å². The molecular formula is C7H12BrN3O. The fraction of sp³-hybridized carbons (Fsp3) is 0.429. The van der Waals surface area contributed by atoms with Crippen LogP contribution in [-0.4, -0.2) is 15.5 Å². The van der Waals surface area contributed by atoms with Crippen molar-refractivity contribution < 1.29 is 26.8 Å². The molecular weight excluding hydrogens is 222 g/mol. The van der Waals surface area contributed by atoms with Crippen LogP contribution in [-0.2, 0) is 13.6 Å². The summed E-state index contributed by atoms with van der Waals surface area (Å²) in [5, 5.41) is 11.5. The Hall–Kier alpha value is -0.840. The van der Waals surface area contributed by atoms with Crippen LogP contribution in [0.2, 0.25) is 0 Å². The minimum atomic E-state index is 0. The quantitative estimate of drug-likeness (QED) is 0.255. The highest BCUT2D eigenvalue weighted by atomic mass is 79.9. The van der Waals surface area contributed by atoms with E-state index in [0.29, 0.717) is 12.3 Å². The van der Waals surface area contributed by atoms with Gasteiger partial charge in [0.1, 0.15) is 18.9 Å². The van der Waals surface area contributed by atoms with E-state index in [-0.39, 0.29) is 17.0 Å². The van der Waals surface area contributed by atoms with Crippen LogP contribution in [0, 0.1) is 0 Å². The van der Waals surface area contributed by atoms with E-state index in [2.05, 4.69) is 5.16 Å². The van der Waals surface area contributed by atoms with Crippen LogP contribution >= 0.6 is 0 Å². The lowest BCUT2D eigenvalue weighted by Gasteiger charge is -1.91. The number of aryl methyl sites for hydroxylation is 1. The van der Waals surface area contributed by atoms with E-state index >= 15 is 0 Å². The first kappa shape index (κ1) is 11.2. The predicted molar refractivity (Wildman–Crippen MR) is 40.5 cm³/mol. The molecule has 1 rings (SSSR count). The Balaban J connectivity index is 0.00000121. The molecule has 0 aliphatic rings. The summed E-state index contributed by atoms with van der Waals surface area (Å²) < 4.78 is 3.87. The molecule has 0 bridgehead atoms. The number of hydrogen-bond donors (Lipinski definition) is 1. The molecule has 0 saturated heterocycles. The van der Waals surface area contributed by atoms with Gasteiger partial charge in [0.15, 0.2) is 0 Å². The second-order valence-electron chi connectivity index (χ2n) is 2.59. The van der Waals surface area contributed by atoms with Crippen molar-refractivity contribution in [3.05, 3.63) is 18.7 Å². The topological polar surface area (TPSA) is 41.4 Å². The fourth-order valence-corrected chi connectivity index (χ4v) is 0.891. The van der Waals surface area contributed by atoms with Crippen LogP contribution in [0.1, 0.15) is 6.92 Å². The van der Waals surface area contributed by atoms with Crippen molar-refractivity contribution in [2.24, 2.45) is 12.2 Å². The molecule has 1 heterocycles. The molecule has 0 saturated carbocycles. The van der Waals surface area contributed by atoms with Gasteiger partial charge in [0.25, 0.3) is 0 Å². The Bertz CT molecular complexity index is 269. The zero-order chi connectivity index (χ0) is 8.27.